The third kappa shape index (κ3) is 2.88. The van der Waals surface area contributed by atoms with Gasteiger partial charge in [0.05, 0.1) is 5.56 Å². The Morgan fingerprint density at radius 3 is 2.41 bits per heavy atom. The molecule has 0 unspecified atom stereocenters. The minimum absolute atomic E-state index is 0.138. The minimum Gasteiger partial charge on any atom is -0.466 e. The number of hydrogen-bond donors (Lipinski definition) is 1. The van der Waals surface area contributed by atoms with Crippen molar-refractivity contribution in [3.63, 3.8) is 0 Å². The lowest BCUT2D eigenvalue weighted by molar-refractivity contribution is 0.102. The molecule has 2 rings (SSSR count). The van der Waals surface area contributed by atoms with E-state index in [2.05, 4.69) is 27.9 Å². The predicted octanol–water partition coefficient (Wildman–Crippen LogP) is 3.75. The van der Waals surface area contributed by atoms with Crippen molar-refractivity contribution in [2.45, 2.75) is 13.8 Å². The van der Waals surface area contributed by atoms with E-state index in [1.807, 2.05) is 31.2 Å². The van der Waals surface area contributed by atoms with Crippen molar-refractivity contribution >= 4 is 34.2 Å². The van der Waals surface area contributed by atoms with E-state index in [4.69, 9.17) is 4.42 Å². The molecule has 88 valence electrons. The van der Waals surface area contributed by atoms with Gasteiger partial charge in [0, 0.05) is 9.26 Å². The highest BCUT2D eigenvalue weighted by Gasteiger charge is 2.13. The fourth-order valence-corrected chi connectivity index (χ4v) is 1.95. The molecule has 2 aromatic rings. The topological polar surface area (TPSA) is 42.2 Å². The molecule has 0 saturated heterocycles. The molecule has 1 aromatic carbocycles. The van der Waals surface area contributed by atoms with Gasteiger partial charge in [0.1, 0.15) is 11.5 Å². The second-order valence-corrected chi connectivity index (χ2v) is 5.03. The van der Waals surface area contributed by atoms with Crippen LogP contribution in [0.5, 0.6) is 0 Å². The monoisotopic (exact) mass is 341 g/mol. The maximum absolute atomic E-state index is 12.0. The van der Waals surface area contributed by atoms with Crippen LogP contribution in [-0.2, 0) is 0 Å². The van der Waals surface area contributed by atoms with Gasteiger partial charge in [-0.3, -0.25) is 4.79 Å². The van der Waals surface area contributed by atoms with Gasteiger partial charge in [0.15, 0.2) is 0 Å². The summed E-state index contributed by atoms with van der Waals surface area (Å²) in [4.78, 5) is 12.0. The largest absolute Gasteiger partial charge is 0.466 e. The number of aryl methyl sites for hydroxylation is 2. The van der Waals surface area contributed by atoms with Crippen molar-refractivity contribution < 1.29 is 9.21 Å². The second kappa shape index (κ2) is 4.91. The predicted molar refractivity (Wildman–Crippen MR) is 75.3 cm³/mol. The molecular weight excluding hydrogens is 329 g/mol. The summed E-state index contributed by atoms with van der Waals surface area (Å²) in [5.74, 6) is 1.25. The summed E-state index contributed by atoms with van der Waals surface area (Å²) >= 11 is 2.22. The molecule has 0 aliphatic rings. The maximum atomic E-state index is 12.0. The zero-order chi connectivity index (χ0) is 12.4. The van der Waals surface area contributed by atoms with Crippen molar-refractivity contribution in [2.75, 3.05) is 5.32 Å². The Morgan fingerprint density at radius 1 is 1.24 bits per heavy atom. The third-order valence-corrected chi connectivity index (χ3v) is 3.11. The van der Waals surface area contributed by atoms with E-state index in [1.165, 1.54) is 0 Å². The normalized spacial score (nSPS) is 10.3. The standard InChI is InChI=1S/C13H12INO2/c1-8-7-12(9(2)17-8)13(16)15-11-5-3-10(14)4-6-11/h3-7H,1-2H3,(H,15,16). The molecule has 0 saturated carbocycles. The number of carbonyl (C=O) groups is 1. The SMILES string of the molecule is Cc1cc(C(=O)Nc2ccc(I)cc2)c(C)o1. The number of amides is 1. The first-order valence-electron chi connectivity index (χ1n) is 5.20. The van der Waals surface area contributed by atoms with E-state index >= 15 is 0 Å². The lowest BCUT2D eigenvalue weighted by atomic mass is 10.2. The van der Waals surface area contributed by atoms with Crippen LogP contribution in [0, 0.1) is 17.4 Å². The molecule has 0 spiro atoms. The molecular formula is C13H12INO2. The highest BCUT2D eigenvalue weighted by Crippen LogP contribution is 2.17. The van der Waals surface area contributed by atoms with Crippen LogP contribution >= 0.6 is 22.6 Å². The van der Waals surface area contributed by atoms with Crippen LogP contribution in [0.15, 0.2) is 34.7 Å². The Balaban J connectivity index is 2.17. The van der Waals surface area contributed by atoms with Crippen LogP contribution in [0.4, 0.5) is 5.69 Å². The summed E-state index contributed by atoms with van der Waals surface area (Å²) in [6.45, 7) is 3.62. The Bertz CT molecular complexity index is 543. The van der Waals surface area contributed by atoms with Crippen LogP contribution in [0.3, 0.4) is 0 Å². The number of carbonyl (C=O) groups excluding carboxylic acids is 1. The number of benzene rings is 1. The highest BCUT2D eigenvalue weighted by molar-refractivity contribution is 14.1. The van der Waals surface area contributed by atoms with Crippen LogP contribution < -0.4 is 5.32 Å². The van der Waals surface area contributed by atoms with Gasteiger partial charge in [-0.25, -0.2) is 0 Å². The Hall–Kier alpha value is -1.30. The molecule has 0 fully saturated rings. The smallest absolute Gasteiger partial charge is 0.259 e. The van der Waals surface area contributed by atoms with Crippen molar-refractivity contribution in [3.05, 3.63) is 51.0 Å². The second-order valence-electron chi connectivity index (χ2n) is 3.79. The highest BCUT2D eigenvalue weighted by atomic mass is 127. The number of furan rings is 1. The Morgan fingerprint density at radius 2 is 1.88 bits per heavy atom. The Kier molecular flexibility index (Phi) is 3.51. The van der Waals surface area contributed by atoms with Crippen molar-refractivity contribution in [1.82, 2.24) is 0 Å². The summed E-state index contributed by atoms with van der Waals surface area (Å²) in [6.07, 6.45) is 0. The van der Waals surface area contributed by atoms with Crippen LogP contribution in [-0.4, -0.2) is 5.91 Å². The number of nitrogens with one attached hydrogen (secondary N) is 1. The van der Waals surface area contributed by atoms with E-state index in [0.29, 0.717) is 11.3 Å². The first-order valence-corrected chi connectivity index (χ1v) is 6.28. The molecule has 0 bridgehead atoms. The van der Waals surface area contributed by atoms with Crippen molar-refractivity contribution in [3.8, 4) is 0 Å². The number of rotatable bonds is 2. The van der Waals surface area contributed by atoms with Crippen LogP contribution in [0.1, 0.15) is 21.9 Å². The van der Waals surface area contributed by atoms with E-state index in [-0.39, 0.29) is 5.91 Å². The first-order chi connectivity index (χ1) is 8.06. The summed E-state index contributed by atoms with van der Waals surface area (Å²) in [7, 11) is 0. The molecule has 1 heterocycles. The zero-order valence-electron chi connectivity index (χ0n) is 9.58. The van der Waals surface area contributed by atoms with E-state index in [0.717, 1.165) is 15.0 Å². The molecule has 1 amide bonds. The average Bonchev–Trinajstić information content (AvgIpc) is 2.61. The van der Waals surface area contributed by atoms with Gasteiger partial charge >= 0.3 is 0 Å². The van der Waals surface area contributed by atoms with E-state index in [1.54, 1.807) is 13.0 Å². The van der Waals surface area contributed by atoms with Gasteiger partial charge in [-0.05, 0) is 66.8 Å². The first kappa shape index (κ1) is 12.2. The molecule has 0 radical (unpaired) electrons. The fourth-order valence-electron chi connectivity index (χ4n) is 1.59. The average molecular weight is 341 g/mol. The fraction of sp³-hybridized carbons (Fsp3) is 0.154. The molecule has 0 aliphatic heterocycles. The summed E-state index contributed by atoms with van der Waals surface area (Å²) in [5.41, 5.74) is 1.37. The number of hydrogen-bond acceptors (Lipinski definition) is 2. The molecule has 17 heavy (non-hydrogen) atoms. The molecule has 1 aromatic heterocycles. The molecule has 4 heteroatoms. The molecule has 0 aliphatic carbocycles. The lowest BCUT2D eigenvalue weighted by Gasteiger charge is -2.03. The van der Waals surface area contributed by atoms with Gasteiger partial charge in [-0.1, -0.05) is 0 Å². The summed E-state index contributed by atoms with van der Waals surface area (Å²) < 4.78 is 6.47. The summed E-state index contributed by atoms with van der Waals surface area (Å²) in [5, 5.41) is 2.84. The van der Waals surface area contributed by atoms with Gasteiger partial charge in [-0.2, -0.15) is 0 Å². The quantitative estimate of drug-likeness (QED) is 0.846. The molecule has 3 nitrogen and oxygen atoms in total. The van der Waals surface area contributed by atoms with Crippen LogP contribution in [0.2, 0.25) is 0 Å². The van der Waals surface area contributed by atoms with Gasteiger partial charge in [0.25, 0.3) is 5.91 Å². The number of halogens is 1. The van der Waals surface area contributed by atoms with Gasteiger partial charge < -0.3 is 9.73 Å². The minimum atomic E-state index is -0.138. The van der Waals surface area contributed by atoms with E-state index < -0.39 is 0 Å². The third-order valence-electron chi connectivity index (χ3n) is 2.39. The maximum Gasteiger partial charge on any atom is 0.259 e. The zero-order valence-corrected chi connectivity index (χ0v) is 11.7. The summed E-state index contributed by atoms with van der Waals surface area (Å²) in [6, 6.07) is 9.40. The Labute approximate surface area is 113 Å². The molecule has 1 N–H and O–H groups in total. The number of anilines is 1. The van der Waals surface area contributed by atoms with Gasteiger partial charge in [-0.15, -0.1) is 0 Å². The van der Waals surface area contributed by atoms with Crippen molar-refractivity contribution in [1.29, 1.82) is 0 Å². The van der Waals surface area contributed by atoms with Gasteiger partial charge in [0.2, 0.25) is 0 Å². The lowest BCUT2D eigenvalue weighted by Crippen LogP contribution is -2.11. The van der Waals surface area contributed by atoms with E-state index in [9.17, 15) is 4.79 Å². The molecule has 0 atom stereocenters. The van der Waals surface area contributed by atoms with Crippen molar-refractivity contribution in [2.24, 2.45) is 0 Å². The van der Waals surface area contributed by atoms with Crippen LogP contribution in [0.25, 0.3) is 0 Å².